The maximum absolute atomic E-state index is 14.0. The van der Waals surface area contributed by atoms with E-state index in [9.17, 15) is 26.7 Å². The second-order valence-electron chi connectivity index (χ2n) is 9.47. The molecule has 2 aromatic rings. The van der Waals surface area contributed by atoms with Crippen molar-refractivity contribution < 1.29 is 26.7 Å². The minimum absolute atomic E-state index is 0.199. The van der Waals surface area contributed by atoms with E-state index in [4.69, 9.17) is 0 Å². The molecule has 0 radical (unpaired) electrons. The largest absolute Gasteiger partial charge is 0.419 e. The van der Waals surface area contributed by atoms with Crippen LogP contribution in [0.25, 0.3) is 0 Å². The average Bonchev–Trinajstić information content (AvgIpc) is 3.14. The summed E-state index contributed by atoms with van der Waals surface area (Å²) in [5.74, 6) is -4.31. The van der Waals surface area contributed by atoms with Crippen molar-refractivity contribution in [3.05, 3.63) is 51.8 Å². The standard InChI is InChI=1S/C23H25F5N4O/c1-22(2,3)32-17-12-29-9-6-15(17)20(30-32)21(33)31-10-7-13(8-11-31)14-4-5-16(24)19(25)18(14)23(26,27)28/h4-5,12-13H,6-11H2,1-3H3. The highest BCUT2D eigenvalue weighted by Gasteiger charge is 2.41. The van der Waals surface area contributed by atoms with Gasteiger partial charge in [-0.25, -0.2) is 8.78 Å². The highest BCUT2D eigenvalue weighted by molar-refractivity contribution is 5.97. The zero-order valence-corrected chi connectivity index (χ0v) is 18.6. The van der Waals surface area contributed by atoms with Crippen molar-refractivity contribution in [2.24, 2.45) is 4.99 Å². The number of carbonyl (C=O) groups is 1. The number of nitrogens with zero attached hydrogens (tertiary/aromatic N) is 4. The van der Waals surface area contributed by atoms with Gasteiger partial charge in [0.25, 0.3) is 5.91 Å². The van der Waals surface area contributed by atoms with Crippen molar-refractivity contribution >= 4 is 12.1 Å². The molecule has 0 unspecified atom stereocenters. The lowest BCUT2D eigenvalue weighted by Crippen LogP contribution is -2.39. The maximum Gasteiger partial charge on any atom is 0.419 e. The number of hydrogen-bond donors (Lipinski definition) is 0. The van der Waals surface area contributed by atoms with Crippen LogP contribution in [-0.4, -0.2) is 46.4 Å². The van der Waals surface area contributed by atoms with Gasteiger partial charge in [0.1, 0.15) is 0 Å². The van der Waals surface area contributed by atoms with Crippen molar-refractivity contribution in [1.29, 1.82) is 0 Å². The predicted octanol–water partition coefficient (Wildman–Crippen LogP) is 4.93. The monoisotopic (exact) mass is 468 g/mol. The quantitative estimate of drug-likeness (QED) is 0.587. The van der Waals surface area contributed by atoms with Crippen molar-refractivity contribution in [3.8, 4) is 0 Å². The summed E-state index contributed by atoms with van der Waals surface area (Å²) in [6.45, 7) is 6.88. The first kappa shape index (κ1) is 23.4. The van der Waals surface area contributed by atoms with Crippen LogP contribution >= 0.6 is 0 Å². The molecule has 1 aromatic carbocycles. The molecule has 1 fully saturated rings. The lowest BCUT2D eigenvalue weighted by molar-refractivity contribution is -0.141. The number of carbonyl (C=O) groups excluding carboxylic acids is 1. The number of likely N-dealkylation sites (tertiary alicyclic amines) is 1. The SMILES string of the molecule is CC(C)(C)n1nc(C(=O)N2CCC(c3ccc(F)c(F)c3C(F)(F)F)CC2)c2c1C=NCC2. The number of benzene rings is 1. The summed E-state index contributed by atoms with van der Waals surface area (Å²) in [6, 6.07) is 1.73. The Morgan fingerprint density at radius 1 is 1.09 bits per heavy atom. The molecule has 178 valence electrons. The Labute approximate surface area is 188 Å². The van der Waals surface area contributed by atoms with Gasteiger partial charge in [0.15, 0.2) is 17.3 Å². The highest BCUT2D eigenvalue weighted by atomic mass is 19.4. The number of rotatable bonds is 2. The van der Waals surface area contributed by atoms with Gasteiger partial charge >= 0.3 is 6.18 Å². The molecule has 2 aliphatic heterocycles. The number of fused-ring (bicyclic) bond motifs is 1. The highest BCUT2D eigenvalue weighted by Crippen LogP contribution is 2.41. The van der Waals surface area contributed by atoms with Crippen LogP contribution in [0.1, 0.15) is 72.4 Å². The van der Waals surface area contributed by atoms with E-state index in [1.165, 1.54) is 0 Å². The van der Waals surface area contributed by atoms with E-state index in [0.29, 0.717) is 18.7 Å². The van der Waals surface area contributed by atoms with E-state index in [-0.39, 0.29) is 42.9 Å². The van der Waals surface area contributed by atoms with Gasteiger partial charge < -0.3 is 4.90 Å². The fourth-order valence-corrected chi connectivity index (χ4v) is 4.59. The zero-order valence-electron chi connectivity index (χ0n) is 18.6. The third-order valence-electron chi connectivity index (χ3n) is 6.20. The minimum atomic E-state index is -5.01. The normalized spacial score (nSPS) is 17.4. The van der Waals surface area contributed by atoms with Gasteiger partial charge in [-0.3, -0.25) is 14.5 Å². The van der Waals surface area contributed by atoms with Crippen LogP contribution in [0.15, 0.2) is 17.1 Å². The second kappa shape index (κ2) is 8.22. The third-order valence-corrected chi connectivity index (χ3v) is 6.20. The fraction of sp³-hybridized carbons (Fsp3) is 0.522. The molecule has 1 saturated heterocycles. The molecule has 5 nitrogen and oxygen atoms in total. The van der Waals surface area contributed by atoms with Crippen molar-refractivity contribution in [2.45, 2.75) is 57.7 Å². The van der Waals surface area contributed by atoms with Crippen molar-refractivity contribution in [1.82, 2.24) is 14.7 Å². The molecular weight excluding hydrogens is 443 g/mol. The Balaban J connectivity index is 1.57. The lowest BCUT2D eigenvalue weighted by Gasteiger charge is -2.33. The number of halogens is 5. The summed E-state index contributed by atoms with van der Waals surface area (Å²) >= 11 is 0. The Morgan fingerprint density at radius 3 is 2.36 bits per heavy atom. The summed E-state index contributed by atoms with van der Waals surface area (Å²) in [7, 11) is 0. The van der Waals surface area contributed by atoms with E-state index in [0.717, 1.165) is 23.4 Å². The Bertz CT molecular complexity index is 1110. The molecule has 1 aromatic heterocycles. The van der Waals surface area contributed by atoms with Crippen LogP contribution in [0.5, 0.6) is 0 Å². The first-order valence-corrected chi connectivity index (χ1v) is 10.9. The molecule has 4 rings (SSSR count). The van der Waals surface area contributed by atoms with Crippen molar-refractivity contribution in [3.63, 3.8) is 0 Å². The van der Waals surface area contributed by atoms with Crippen LogP contribution in [-0.2, 0) is 18.1 Å². The molecule has 1 amide bonds. The molecule has 0 aliphatic carbocycles. The molecule has 0 saturated carbocycles. The van der Waals surface area contributed by atoms with Gasteiger partial charge in [-0.05, 0) is 57.6 Å². The third kappa shape index (κ3) is 4.27. The van der Waals surface area contributed by atoms with Crippen molar-refractivity contribution in [2.75, 3.05) is 19.6 Å². The van der Waals surface area contributed by atoms with Gasteiger partial charge in [0, 0.05) is 31.4 Å². The molecule has 0 N–H and O–H groups in total. The number of amides is 1. The van der Waals surface area contributed by atoms with E-state index in [1.807, 2.05) is 20.8 Å². The Kier molecular flexibility index (Phi) is 5.82. The van der Waals surface area contributed by atoms with Crippen LogP contribution < -0.4 is 0 Å². The van der Waals surface area contributed by atoms with Gasteiger partial charge in [-0.1, -0.05) is 6.07 Å². The zero-order chi connectivity index (χ0) is 24.1. The lowest BCUT2D eigenvalue weighted by atomic mass is 9.85. The summed E-state index contributed by atoms with van der Waals surface area (Å²) in [5, 5.41) is 4.58. The number of hydrogen-bond acceptors (Lipinski definition) is 3. The number of alkyl halides is 3. The second-order valence-corrected chi connectivity index (χ2v) is 9.47. The van der Waals surface area contributed by atoms with E-state index < -0.39 is 29.3 Å². The minimum Gasteiger partial charge on any atom is -0.337 e. The average molecular weight is 468 g/mol. The number of piperidine rings is 1. The van der Waals surface area contributed by atoms with Gasteiger partial charge in [0.05, 0.1) is 16.8 Å². The van der Waals surface area contributed by atoms with E-state index in [1.54, 1.807) is 15.8 Å². The van der Waals surface area contributed by atoms with E-state index in [2.05, 4.69) is 10.1 Å². The van der Waals surface area contributed by atoms with Gasteiger partial charge in [-0.2, -0.15) is 18.3 Å². The number of aliphatic imine (C=N–C) groups is 1. The molecule has 3 heterocycles. The first-order valence-electron chi connectivity index (χ1n) is 10.9. The summed E-state index contributed by atoms with van der Waals surface area (Å²) < 4.78 is 69.6. The number of aromatic nitrogens is 2. The maximum atomic E-state index is 14.0. The Morgan fingerprint density at radius 2 is 1.76 bits per heavy atom. The molecule has 0 bridgehead atoms. The van der Waals surface area contributed by atoms with Crippen LogP contribution in [0.2, 0.25) is 0 Å². The molecule has 2 aliphatic rings. The molecular formula is C23H25F5N4O. The fourth-order valence-electron chi connectivity index (χ4n) is 4.59. The van der Waals surface area contributed by atoms with Crippen LogP contribution in [0.4, 0.5) is 22.0 Å². The summed E-state index contributed by atoms with van der Waals surface area (Å²) in [6.07, 6.45) is -2.27. The van der Waals surface area contributed by atoms with Gasteiger partial charge in [0.2, 0.25) is 0 Å². The van der Waals surface area contributed by atoms with E-state index >= 15 is 0 Å². The Hall–Kier alpha value is -2.78. The summed E-state index contributed by atoms with van der Waals surface area (Å²) in [5.41, 5.74) is -0.216. The smallest absolute Gasteiger partial charge is 0.337 e. The predicted molar refractivity (Wildman–Crippen MR) is 113 cm³/mol. The van der Waals surface area contributed by atoms with Crippen LogP contribution in [0, 0.1) is 11.6 Å². The summed E-state index contributed by atoms with van der Waals surface area (Å²) in [4.78, 5) is 19.2. The molecule has 0 atom stereocenters. The van der Waals surface area contributed by atoms with Crippen LogP contribution in [0.3, 0.4) is 0 Å². The molecule has 33 heavy (non-hydrogen) atoms. The first-order chi connectivity index (χ1) is 15.4. The molecule has 0 spiro atoms. The topological polar surface area (TPSA) is 50.5 Å². The molecule has 10 heteroatoms. The van der Waals surface area contributed by atoms with Gasteiger partial charge in [-0.15, -0.1) is 0 Å².